The van der Waals surface area contributed by atoms with Crippen LogP contribution in [0.1, 0.15) is 46.5 Å². The van der Waals surface area contributed by atoms with Crippen LogP contribution in [0.2, 0.25) is 0 Å². The van der Waals surface area contributed by atoms with Crippen molar-refractivity contribution in [1.82, 2.24) is 14.5 Å². The summed E-state index contributed by atoms with van der Waals surface area (Å²) in [5, 5.41) is 10.5. The number of anilines is 3. The van der Waals surface area contributed by atoms with E-state index in [2.05, 4.69) is 26.3 Å². The highest BCUT2D eigenvalue weighted by atomic mass is 16.3. The van der Waals surface area contributed by atoms with Crippen LogP contribution in [-0.2, 0) is 6.54 Å². The summed E-state index contributed by atoms with van der Waals surface area (Å²) in [6.07, 6.45) is 6.54. The van der Waals surface area contributed by atoms with Crippen molar-refractivity contribution in [2.75, 3.05) is 42.2 Å². The first kappa shape index (κ1) is 18.8. The Labute approximate surface area is 155 Å². The summed E-state index contributed by atoms with van der Waals surface area (Å²) in [6, 6.07) is 0. The van der Waals surface area contributed by atoms with Crippen molar-refractivity contribution in [3.05, 3.63) is 6.20 Å². The molecule has 2 aromatic heterocycles. The Bertz CT molecular complexity index is 757. The van der Waals surface area contributed by atoms with Crippen LogP contribution in [0.25, 0.3) is 11.0 Å². The zero-order chi connectivity index (χ0) is 18.9. The molecule has 0 spiro atoms. The van der Waals surface area contributed by atoms with E-state index in [0.29, 0.717) is 12.4 Å². The van der Waals surface area contributed by atoms with E-state index in [1.54, 1.807) is 0 Å². The second-order valence-electron chi connectivity index (χ2n) is 8.01. The smallest absolute Gasteiger partial charge is 0.206 e. The standard InChI is InChI=1S/C19H32N6O/c1-5-9-23(4)18-22-15-16(25(18)13-19(2,3)26)14(12-21-17(15)20)24-10-7-6-8-11-24/h12,26H,5-11,13H2,1-4H3,(H2,20,21). The van der Waals surface area contributed by atoms with E-state index in [0.717, 1.165) is 48.7 Å². The van der Waals surface area contributed by atoms with Crippen molar-refractivity contribution >= 4 is 28.5 Å². The van der Waals surface area contributed by atoms with Gasteiger partial charge in [0.1, 0.15) is 5.52 Å². The van der Waals surface area contributed by atoms with Gasteiger partial charge in [0.15, 0.2) is 5.82 Å². The summed E-state index contributed by atoms with van der Waals surface area (Å²) < 4.78 is 2.12. The van der Waals surface area contributed by atoms with E-state index in [1.165, 1.54) is 19.3 Å². The van der Waals surface area contributed by atoms with Gasteiger partial charge in [-0.25, -0.2) is 9.97 Å². The molecule has 2 aromatic rings. The zero-order valence-electron chi connectivity index (χ0n) is 16.5. The minimum Gasteiger partial charge on any atom is -0.389 e. The molecule has 26 heavy (non-hydrogen) atoms. The van der Waals surface area contributed by atoms with Crippen LogP contribution in [0, 0.1) is 0 Å². The van der Waals surface area contributed by atoms with Crippen LogP contribution in [-0.4, -0.2) is 51.9 Å². The third kappa shape index (κ3) is 3.72. The van der Waals surface area contributed by atoms with Crippen molar-refractivity contribution in [2.24, 2.45) is 0 Å². The fourth-order valence-corrected chi connectivity index (χ4v) is 3.76. The highest BCUT2D eigenvalue weighted by Crippen LogP contribution is 2.35. The summed E-state index contributed by atoms with van der Waals surface area (Å²) >= 11 is 0. The van der Waals surface area contributed by atoms with E-state index in [9.17, 15) is 5.11 Å². The molecule has 0 aliphatic carbocycles. The second-order valence-corrected chi connectivity index (χ2v) is 8.01. The molecule has 1 saturated heterocycles. The van der Waals surface area contributed by atoms with Crippen LogP contribution in [0.15, 0.2) is 6.20 Å². The van der Waals surface area contributed by atoms with E-state index in [1.807, 2.05) is 27.1 Å². The average molecular weight is 361 g/mol. The molecule has 0 bridgehead atoms. The number of piperidine rings is 1. The van der Waals surface area contributed by atoms with Gasteiger partial charge >= 0.3 is 0 Å². The number of nitrogens with zero attached hydrogens (tertiary/aromatic N) is 5. The van der Waals surface area contributed by atoms with Crippen LogP contribution < -0.4 is 15.5 Å². The van der Waals surface area contributed by atoms with Crippen molar-refractivity contribution in [3.8, 4) is 0 Å². The molecular weight excluding hydrogens is 328 g/mol. The number of aromatic nitrogens is 3. The van der Waals surface area contributed by atoms with Crippen LogP contribution in [0.4, 0.5) is 17.5 Å². The lowest BCUT2D eigenvalue weighted by Gasteiger charge is -2.30. The number of pyridine rings is 1. The number of nitrogens with two attached hydrogens (primary N) is 1. The van der Waals surface area contributed by atoms with Gasteiger partial charge in [-0.05, 0) is 39.5 Å². The van der Waals surface area contributed by atoms with Crippen molar-refractivity contribution < 1.29 is 5.11 Å². The van der Waals surface area contributed by atoms with Crippen LogP contribution in [0.3, 0.4) is 0 Å². The number of rotatable bonds is 6. The molecule has 3 rings (SSSR count). The minimum atomic E-state index is -0.855. The Morgan fingerprint density at radius 3 is 2.58 bits per heavy atom. The molecule has 1 aliphatic rings. The number of imidazole rings is 1. The van der Waals surface area contributed by atoms with Gasteiger partial charge in [-0.1, -0.05) is 6.92 Å². The SMILES string of the molecule is CCCN(C)c1nc2c(N)ncc(N3CCCCC3)c2n1CC(C)(C)O. The largest absolute Gasteiger partial charge is 0.389 e. The van der Waals surface area contributed by atoms with Gasteiger partial charge in [-0.3, -0.25) is 0 Å². The molecule has 3 heterocycles. The predicted octanol–water partition coefficient (Wildman–Crippen LogP) is 2.62. The molecule has 1 aliphatic heterocycles. The van der Waals surface area contributed by atoms with E-state index < -0.39 is 5.60 Å². The first-order valence-electron chi connectivity index (χ1n) is 9.65. The molecule has 0 saturated carbocycles. The lowest BCUT2D eigenvalue weighted by molar-refractivity contribution is 0.0630. The maximum absolute atomic E-state index is 10.5. The molecule has 3 N–H and O–H groups in total. The van der Waals surface area contributed by atoms with Gasteiger partial charge in [0.25, 0.3) is 0 Å². The first-order chi connectivity index (χ1) is 12.3. The summed E-state index contributed by atoms with van der Waals surface area (Å²) in [5.41, 5.74) is 8.12. The van der Waals surface area contributed by atoms with Gasteiger partial charge in [0.05, 0.1) is 29.5 Å². The topological polar surface area (TPSA) is 83.4 Å². The molecule has 7 heteroatoms. The third-order valence-corrected chi connectivity index (χ3v) is 4.90. The highest BCUT2D eigenvalue weighted by Gasteiger charge is 2.26. The summed E-state index contributed by atoms with van der Waals surface area (Å²) in [5.74, 6) is 1.28. The molecule has 7 nitrogen and oxygen atoms in total. The quantitative estimate of drug-likeness (QED) is 0.824. The predicted molar refractivity (Wildman–Crippen MR) is 108 cm³/mol. The molecule has 144 valence electrons. The Hall–Kier alpha value is -2.02. The number of hydrogen-bond donors (Lipinski definition) is 2. The lowest BCUT2D eigenvalue weighted by atomic mass is 10.1. The van der Waals surface area contributed by atoms with Crippen molar-refractivity contribution in [3.63, 3.8) is 0 Å². The minimum absolute atomic E-state index is 0.446. The van der Waals surface area contributed by atoms with Gasteiger partial charge in [0, 0.05) is 26.7 Å². The summed E-state index contributed by atoms with van der Waals surface area (Å²) in [4.78, 5) is 13.8. The van der Waals surface area contributed by atoms with E-state index in [4.69, 9.17) is 10.7 Å². The zero-order valence-corrected chi connectivity index (χ0v) is 16.5. The highest BCUT2D eigenvalue weighted by molar-refractivity contribution is 5.96. The maximum Gasteiger partial charge on any atom is 0.206 e. The van der Waals surface area contributed by atoms with Crippen molar-refractivity contribution in [1.29, 1.82) is 0 Å². The first-order valence-corrected chi connectivity index (χ1v) is 9.65. The Morgan fingerprint density at radius 2 is 1.96 bits per heavy atom. The average Bonchev–Trinajstić information content (AvgIpc) is 2.95. The third-order valence-electron chi connectivity index (χ3n) is 4.90. The van der Waals surface area contributed by atoms with Crippen LogP contribution >= 0.6 is 0 Å². The fraction of sp³-hybridized carbons (Fsp3) is 0.684. The lowest BCUT2D eigenvalue weighted by Crippen LogP contribution is -2.32. The molecule has 0 amide bonds. The molecule has 0 aromatic carbocycles. The number of aliphatic hydroxyl groups is 1. The molecule has 0 radical (unpaired) electrons. The Morgan fingerprint density at radius 1 is 1.27 bits per heavy atom. The van der Waals surface area contributed by atoms with Gasteiger partial charge < -0.3 is 25.2 Å². The summed E-state index contributed by atoms with van der Waals surface area (Å²) in [7, 11) is 2.04. The van der Waals surface area contributed by atoms with E-state index in [-0.39, 0.29) is 0 Å². The fourth-order valence-electron chi connectivity index (χ4n) is 3.76. The maximum atomic E-state index is 10.5. The van der Waals surface area contributed by atoms with Gasteiger partial charge in [-0.15, -0.1) is 0 Å². The summed E-state index contributed by atoms with van der Waals surface area (Å²) in [6.45, 7) is 9.19. The normalized spacial score (nSPS) is 15.7. The monoisotopic (exact) mass is 360 g/mol. The van der Waals surface area contributed by atoms with Crippen molar-refractivity contribution in [2.45, 2.75) is 58.6 Å². The number of nitrogen functional groups attached to an aromatic ring is 1. The van der Waals surface area contributed by atoms with E-state index >= 15 is 0 Å². The number of hydrogen-bond acceptors (Lipinski definition) is 6. The van der Waals surface area contributed by atoms with Crippen LogP contribution in [0.5, 0.6) is 0 Å². The second kappa shape index (κ2) is 7.31. The molecular formula is C19H32N6O. The molecule has 1 fully saturated rings. The molecule has 0 unspecified atom stereocenters. The Balaban J connectivity index is 2.21. The number of fused-ring (bicyclic) bond motifs is 1. The van der Waals surface area contributed by atoms with Gasteiger partial charge in [-0.2, -0.15) is 0 Å². The van der Waals surface area contributed by atoms with Gasteiger partial charge in [0.2, 0.25) is 5.95 Å². The molecule has 0 atom stereocenters. The Kier molecular flexibility index (Phi) is 5.27.